The molecule has 11 heteroatoms. The normalized spacial score (nSPS) is 27.9. The van der Waals surface area contributed by atoms with E-state index in [1.54, 1.807) is 26.2 Å². The zero-order valence-electron chi connectivity index (χ0n) is 30.9. The fourth-order valence-corrected chi connectivity index (χ4v) is 8.49. The molecule has 268 valence electrons. The van der Waals surface area contributed by atoms with Crippen LogP contribution in [0, 0.1) is 36.0 Å². The molecule has 49 heavy (non-hydrogen) atoms. The van der Waals surface area contributed by atoms with Gasteiger partial charge in [-0.3, -0.25) is 14.4 Å². The average molecular weight is 677 g/mol. The van der Waals surface area contributed by atoms with Crippen molar-refractivity contribution in [1.29, 1.82) is 0 Å². The SMILES string of the molecule is CNC(=O)c1cc(-c2cccc(CN3O[C@@H](CN)[C@@H]([C@H](C)OC(=O)N(C)C)[C@H]3C(=O)N[C@H]3C[C@H]4C[C@@H]([C@@H]3C)C4(C)C)c2C)cc(N(C)C)c1. The molecule has 4 N–H and O–H groups in total. The van der Waals surface area contributed by atoms with E-state index >= 15 is 0 Å². The molecule has 2 bridgehead atoms. The van der Waals surface area contributed by atoms with Crippen molar-refractivity contribution in [3.8, 4) is 11.1 Å². The van der Waals surface area contributed by atoms with Crippen LogP contribution >= 0.6 is 0 Å². The summed E-state index contributed by atoms with van der Waals surface area (Å²) in [7, 11) is 8.80. The van der Waals surface area contributed by atoms with Crippen molar-refractivity contribution in [2.24, 2.45) is 34.8 Å². The number of hydroxylamine groups is 2. The monoisotopic (exact) mass is 676 g/mol. The Morgan fingerprint density at radius 3 is 2.43 bits per heavy atom. The number of nitrogens with one attached hydrogen (secondary N) is 2. The number of anilines is 1. The van der Waals surface area contributed by atoms with Crippen LogP contribution in [0.15, 0.2) is 36.4 Å². The van der Waals surface area contributed by atoms with Crippen molar-refractivity contribution < 1.29 is 24.0 Å². The summed E-state index contributed by atoms with van der Waals surface area (Å²) in [5.41, 5.74) is 11.9. The van der Waals surface area contributed by atoms with Gasteiger partial charge in [0.25, 0.3) is 5.91 Å². The van der Waals surface area contributed by atoms with E-state index in [0.717, 1.165) is 34.4 Å². The number of nitrogens with two attached hydrogens (primary N) is 1. The van der Waals surface area contributed by atoms with Gasteiger partial charge in [0.2, 0.25) is 5.91 Å². The van der Waals surface area contributed by atoms with Crippen LogP contribution < -0.4 is 21.3 Å². The maximum absolute atomic E-state index is 14.5. The number of carbonyl (C=O) groups is 3. The Labute approximate surface area is 291 Å². The molecule has 2 aromatic rings. The van der Waals surface area contributed by atoms with Gasteiger partial charge in [0.15, 0.2) is 0 Å². The van der Waals surface area contributed by atoms with Crippen molar-refractivity contribution >= 4 is 23.6 Å². The molecule has 0 unspecified atom stereocenters. The maximum Gasteiger partial charge on any atom is 0.409 e. The van der Waals surface area contributed by atoms with E-state index in [4.69, 9.17) is 15.3 Å². The minimum absolute atomic E-state index is 0.0619. The fraction of sp³-hybridized carbons (Fsp3) is 0.605. The largest absolute Gasteiger partial charge is 0.446 e. The standard InChI is InChI=1S/C38H56N6O5/c1-21-24(12-11-13-29(21)25-14-26(35(45)40-6)16-28(15-25)42(7)8)20-44-34(33(32(19-39)49-44)23(3)48-37(47)43(9)10)36(46)41-31-18-27-17-30(22(31)2)38(27,4)5/h11-16,22-23,27,30-34H,17-20,39H2,1-10H3,(H,40,45)(H,41,46)/t22-,23-,27+,30-,31-,32-,33+,34-/m0/s1. The first-order valence-corrected chi connectivity index (χ1v) is 17.5. The number of fused-ring (bicyclic) bond motifs is 2. The Bertz CT molecular complexity index is 1560. The fourth-order valence-electron chi connectivity index (χ4n) is 8.49. The summed E-state index contributed by atoms with van der Waals surface area (Å²) in [4.78, 5) is 49.7. The molecule has 0 radical (unpaired) electrons. The molecule has 0 spiro atoms. The van der Waals surface area contributed by atoms with E-state index in [9.17, 15) is 14.4 Å². The Hall–Kier alpha value is -3.67. The van der Waals surface area contributed by atoms with Gasteiger partial charge in [-0.2, -0.15) is 5.06 Å². The highest BCUT2D eigenvalue weighted by Gasteiger charge is 2.57. The number of amides is 3. The summed E-state index contributed by atoms with van der Waals surface area (Å²) < 4.78 is 5.85. The van der Waals surface area contributed by atoms with Gasteiger partial charge < -0.3 is 30.9 Å². The van der Waals surface area contributed by atoms with E-state index in [2.05, 4.69) is 44.4 Å². The van der Waals surface area contributed by atoms with Crippen LogP contribution in [0.25, 0.3) is 11.1 Å². The van der Waals surface area contributed by atoms with Gasteiger partial charge in [-0.05, 0) is 90.3 Å². The molecule has 3 saturated carbocycles. The van der Waals surface area contributed by atoms with Crippen LogP contribution in [0.1, 0.15) is 62.0 Å². The number of rotatable bonds is 10. The topological polar surface area (TPSA) is 129 Å². The second-order valence-corrected chi connectivity index (χ2v) is 15.4. The van der Waals surface area contributed by atoms with Gasteiger partial charge in [-0.1, -0.05) is 39.0 Å². The molecule has 3 amide bonds. The van der Waals surface area contributed by atoms with Crippen molar-refractivity contribution in [3.05, 3.63) is 53.1 Å². The van der Waals surface area contributed by atoms with Crippen LogP contribution in [-0.2, 0) is 20.9 Å². The van der Waals surface area contributed by atoms with Gasteiger partial charge in [0.1, 0.15) is 12.1 Å². The predicted molar refractivity (Wildman–Crippen MR) is 192 cm³/mol. The minimum Gasteiger partial charge on any atom is -0.446 e. The lowest BCUT2D eigenvalue weighted by Crippen LogP contribution is -2.62. The Balaban J connectivity index is 1.48. The second kappa shape index (κ2) is 14.3. The highest BCUT2D eigenvalue weighted by atomic mass is 16.7. The lowest BCUT2D eigenvalue weighted by Gasteiger charge is -2.62. The second-order valence-electron chi connectivity index (χ2n) is 15.4. The van der Waals surface area contributed by atoms with E-state index in [1.165, 1.54) is 11.3 Å². The minimum atomic E-state index is -0.739. The lowest BCUT2D eigenvalue weighted by molar-refractivity contribution is -0.175. The van der Waals surface area contributed by atoms with Crippen LogP contribution in [-0.4, -0.2) is 93.9 Å². The zero-order valence-corrected chi connectivity index (χ0v) is 30.9. The Morgan fingerprint density at radius 2 is 1.84 bits per heavy atom. The lowest BCUT2D eigenvalue weighted by atomic mass is 9.45. The number of hydrogen-bond donors (Lipinski definition) is 3. The average Bonchev–Trinajstić information content (AvgIpc) is 3.44. The maximum atomic E-state index is 14.5. The Kier molecular flexibility index (Phi) is 10.7. The molecule has 6 rings (SSSR count). The number of benzene rings is 2. The smallest absolute Gasteiger partial charge is 0.409 e. The Morgan fingerprint density at radius 1 is 1.12 bits per heavy atom. The molecule has 11 nitrogen and oxygen atoms in total. The molecule has 1 heterocycles. The first-order valence-electron chi connectivity index (χ1n) is 17.5. The summed E-state index contributed by atoms with van der Waals surface area (Å²) >= 11 is 0. The molecule has 3 aliphatic carbocycles. The summed E-state index contributed by atoms with van der Waals surface area (Å²) in [6, 6.07) is 11.2. The van der Waals surface area contributed by atoms with E-state index in [-0.39, 0.29) is 24.4 Å². The summed E-state index contributed by atoms with van der Waals surface area (Å²) in [5.74, 6) is 0.725. The molecule has 4 fully saturated rings. The van der Waals surface area contributed by atoms with Gasteiger partial charge in [0, 0.05) is 59.1 Å². The van der Waals surface area contributed by atoms with Crippen LogP contribution in [0.5, 0.6) is 0 Å². The molecular formula is C38H56N6O5. The first-order chi connectivity index (χ1) is 23.1. The highest BCUT2D eigenvalue weighted by molar-refractivity contribution is 5.96. The number of nitrogens with zero attached hydrogens (tertiary/aromatic N) is 3. The molecule has 8 atom stereocenters. The van der Waals surface area contributed by atoms with Crippen LogP contribution in [0.2, 0.25) is 0 Å². The van der Waals surface area contributed by atoms with E-state index in [0.29, 0.717) is 35.3 Å². The molecule has 2 aromatic carbocycles. The molecule has 1 aliphatic heterocycles. The first kappa shape index (κ1) is 36.6. The summed E-state index contributed by atoms with van der Waals surface area (Å²) in [5, 5.41) is 7.90. The predicted octanol–water partition coefficient (Wildman–Crippen LogP) is 4.42. The van der Waals surface area contributed by atoms with Crippen molar-refractivity contribution in [2.45, 2.75) is 78.3 Å². The summed E-state index contributed by atoms with van der Waals surface area (Å²) in [6.07, 6.45) is 0.512. The zero-order chi connectivity index (χ0) is 35.9. The molecule has 0 aromatic heterocycles. The third kappa shape index (κ3) is 7.03. The molecular weight excluding hydrogens is 620 g/mol. The van der Waals surface area contributed by atoms with E-state index in [1.807, 2.05) is 56.3 Å². The number of hydrogen-bond acceptors (Lipinski definition) is 8. The van der Waals surface area contributed by atoms with E-state index < -0.39 is 30.3 Å². The summed E-state index contributed by atoms with van der Waals surface area (Å²) in [6.45, 7) is 11.3. The molecule has 1 saturated heterocycles. The third-order valence-corrected chi connectivity index (χ3v) is 11.8. The molecule has 4 aliphatic rings. The van der Waals surface area contributed by atoms with Crippen molar-refractivity contribution in [2.75, 3.05) is 46.7 Å². The van der Waals surface area contributed by atoms with Gasteiger partial charge in [-0.15, -0.1) is 0 Å². The third-order valence-electron chi connectivity index (χ3n) is 11.8. The highest BCUT2D eigenvalue weighted by Crippen LogP contribution is 2.61. The van der Waals surface area contributed by atoms with Gasteiger partial charge in [-0.25, -0.2) is 4.79 Å². The van der Waals surface area contributed by atoms with Crippen molar-refractivity contribution in [1.82, 2.24) is 20.6 Å². The van der Waals surface area contributed by atoms with Gasteiger partial charge >= 0.3 is 6.09 Å². The number of ether oxygens (including phenoxy) is 1. The quantitative estimate of drug-likeness (QED) is 0.338. The van der Waals surface area contributed by atoms with Crippen LogP contribution in [0.4, 0.5) is 10.5 Å². The van der Waals surface area contributed by atoms with Crippen molar-refractivity contribution in [3.63, 3.8) is 0 Å². The van der Waals surface area contributed by atoms with Crippen LogP contribution in [0.3, 0.4) is 0 Å². The van der Waals surface area contributed by atoms with Gasteiger partial charge in [0.05, 0.1) is 18.6 Å². The number of carbonyl (C=O) groups excluding carboxylic acids is 3.